The van der Waals surface area contributed by atoms with Crippen molar-refractivity contribution in [2.45, 2.75) is 32.4 Å². The molecule has 16 heavy (non-hydrogen) atoms. The summed E-state index contributed by atoms with van der Waals surface area (Å²) in [6.07, 6.45) is 0. The molecule has 0 rings (SSSR count). The summed E-state index contributed by atoms with van der Waals surface area (Å²) >= 11 is 1.68. The van der Waals surface area contributed by atoms with Gasteiger partial charge in [0.25, 0.3) is 0 Å². The highest BCUT2D eigenvalue weighted by atomic mass is 32.2. The van der Waals surface area contributed by atoms with Crippen LogP contribution in [0.25, 0.3) is 0 Å². The number of esters is 1. The first-order valence-corrected chi connectivity index (χ1v) is 6.54. The van der Waals surface area contributed by atoms with Crippen molar-refractivity contribution in [3.63, 3.8) is 0 Å². The number of carbonyl (C=O) groups excluding carboxylic acids is 1. The lowest BCUT2D eigenvalue weighted by molar-refractivity contribution is -0.147. The van der Waals surface area contributed by atoms with E-state index >= 15 is 0 Å². The Morgan fingerprint density at radius 3 is 2.50 bits per heavy atom. The van der Waals surface area contributed by atoms with E-state index in [4.69, 9.17) is 9.47 Å². The van der Waals surface area contributed by atoms with E-state index in [1.807, 2.05) is 20.8 Å². The number of thioether (sulfide) groups is 1. The average Bonchev–Trinajstić information content (AvgIpc) is 2.22. The molecule has 0 aliphatic rings. The summed E-state index contributed by atoms with van der Waals surface area (Å²) in [5, 5.41) is 3.25. The van der Waals surface area contributed by atoms with E-state index in [0.29, 0.717) is 12.4 Å². The van der Waals surface area contributed by atoms with Crippen LogP contribution < -0.4 is 5.32 Å². The summed E-state index contributed by atoms with van der Waals surface area (Å²) in [7, 11) is 3.09. The van der Waals surface area contributed by atoms with Crippen molar-refractivity contribution in [2.24, 2.45) is 0 Å². The lowest BCUT2D eigenvalue weighted by Crippen LogP contribution is -2.55. The summed E-state index contributed by atoms with van der Waals surface area (Å²) in [4.78, 5) is 11.7. The van der Waals surface area contributed by atoms with Crippen LogP contribution in [-0.2, 0) is 14.3 Å². The van der Waals surface area contributed by atoms with Crippen LogP contribution in [0.2, 0.25) is 0 Å². The molecule has 0 spiro atoms. The topological polar surface area (TPSA) is 47.6 Å². The Hall–Kier alpha value is -0.260. The second-order valence-electron chi connectivity index (χ2n) is 4.17. The quantitative estimate of drug-likeness (QED) is 0.519. The highest BCUT2D eigenvalue weighted by molar-refractivity contribution is 7.99. The van der Waals surface area contributed by atoms with Gasteiger partial charge in [0.1, 0.15) is 5.54 Å². The molecular formula is C11H23NO3S. The summed E-state index contributed by atoms with van der Waals surface area (Å²) in [5.41, 5.74) is -0.624. The maximum Gasteiger partial charge on any atom is 0.326 e. The Morgan fingerprint density at radius 1 is 1.44 bits per heavy atom. The first kappa shape index (κ1) is 15.7. The molecule has 0 aromatic rings. The second kappa shape index (κ2) is 7.92. The van der Waals surface area contributed by atoms with Crippen molar-refractivity contribution in [1.29, 1.82) is 0 Å². The Bertz CT molecular complexity index is 211. The number of hydrogen-bond donors (Lipinski definition) is 1. The van der Waals surface area contributed by atoms with Crippen molar-refractivity contribution in [3.05, 3.63) is 0 Å². The normalized spacial score (nSPS) is 14.9. The molecule has 0 amide bonds. The van der Waals surface area contributed by atoms with Crippen molar-refractivity contribution in [1.82, 2.24) is 5.32 Å². The third kappa shape index (κ3) is 5.72. The van der Waals surface area contributed by atoms with E-state index in [0.717, 1.165) is 5.75 Å². The van der Waals surface area contributed by atoms with Crippen LogP contribution in [0.15, 0.2) is 0 Å². The van der Waals surface area contributed by atoms with Crippen LogP contribution in [-0.4, -0.2) is 49.9 Å². The number of methoxy groups -OCH3 is 2. The molecule has 1 N–H and O–H groups in total. The summed E-state index contributed by atoms with van der Waals surface area (Å²) in [6.45, 7) is 6.60. The molecule has 0 heterocycles. The zero-order valence-electron chi connectivity index (χ0n) is 10.8. The third-order valence-electron chi connectivity index (χ3n) is 2.07. The first-order chi connectivity index (χ1) is 7.46. The summed E-state index contributed by atoms with van der Waals surface area (Å²) in [5.74, 6) is 1.34. The maximum absolute atomic E-state index is 11.7. The Kier molecular flexibility index (Phi) is 7.80. The van der Waals surface area contributed by atoms with Gasteiger partial charge in [0.15, 0.2) is 0 Å². The van der Waals surface area contributed by atoms with Crippen molar-refractivity contribution in [2.75, 3.05) is 32.3 Å². The van der Waals surface area contributed by atoms with Crippen molar-refractivity contribution in [3.8, 4) is 0 Å². The molecule has 0 saturated carbocycles. The molecule has 96 valence electrons. The van der Waals surface area contributed by atoms with Crippen molar-refractivity contribution < 1.29 is 14.3 Å². The van der Waals surface area contributed by atoms with E-state index in [1.165, 1.54) is 7.11 Å². The molecule has 0 aromatic carbocycles. The average molecular weight is 249 g/mol. The lowest BCUT2D eigenvalue weighted by atomic mass is 10.0. The van der Waals surface area contributed by atoms with Gasteiger partial charge < -0.3 is 9.47 Å². The van der Waals surface area contributed by atoms with Gasteiger partial charge in [0.05, 0.1) is 13.7 Å². The summed E-state index contributed by atoms with van der Waals surface area (Å²) in [6, 6.07) is 0.243. The van der Waals surface area contributed by atoms with Crippen LogP contribution in [0.3, 0.4) is 0 Å². The molecule has 5 heteroatoms. The predicted octanol–water partition coefficient (Wildman–Crippen LogP) is 1.30. The van der Waals surface area contributed by atoms with Crippen LogP contribution in [0.4, 0.5) is 0 Å². The number of carbonyl (C=O) groups is 1. The molecule has 0 bridgehead atoms. The Labute approximate surface area is 102 Å². The molecule has 1 atom stereocenters. The van der Waals surface area contributed by atoms with Gasteiger partial charge in [0, 0.05) is 24.7 Å². The van der Waals surface area contributed by atoms with E-state index < -0.39 is 5.54 Å². The largest absolute Gasteiger partial charge is 0.468 e. The smallest absolute Gasteiger partial charge is 0.326 e. The molecule has 0 radical (unpaired) electrons. The summed E-state index contributed by atoms with van der Waals surface area (Å²) < 4.78 is 9.79. The zero-order chi connectivity index (χ0) is 12.6. The predicted molar refractivity (Wildman–Crippen MR) is 67.9 cm³/mol. The SMILES string of the molecule is COCCSCC(C)(NC(C)C)C(=O)OC. The van der Waals surface area contributed by atoms with Crippen molar-refractivity contribution >= 4 is 17.7 Å². The molecule has 0 saturated heterocycles. The molecule has 0 fully saturated rings. The fraction of sp³-hybridized carbons (Fsp3) is 0.909. The van der Waals surface area contributed by atoms with E-state index in [2.05, 4.69) is 5.32 Å². The fourth-order valence-electron chi connectivity index (χ4n) is 1.44. The molecule has 1 unspecified atom stereocenters. The molecule has 0 aliphatic heterocycles. The lowest BCUT2D eigenvalue weighted by Gasteiger charge is -2.29. The Morgan fingerprint density at radius 2 is 2.06 bits per heavy atom. The minimum Gasteiger partial charge on any atom is -0.468 e. The molecule has 4 nitrogen and oxygen atoms in total. The maximum atomic E-state index is 11.7. The van der Waals surface area contributed by atoms with E-state index in [1.54, 1.807) is 18.9 Å². The number of ether oxygens (including phenoxy) is 2. The fourth-order valence-corrected chi connectivity index (χ4v) is 2.48. The van der Waals surface area contributed by atoms with E-state index in [9.17, 15) is 4.79 Å². The molecular weight excluding hydrogens is 226 g/mol. The minimum absolute atomic E-state index is 0.217. The van der Waals surface area contributed by atoms with Gasteiger partial charge in [-0.3, -0.25) is 10.1 Å². The highest BCUT2D eigenvalue weighted by Crippen LogP contribution is 2.16. The van der Waals surface area contributed by atoms with Gasteiger partial charge in [-0.2, -0.15) is 11.8 Å². The standard InChI is InChI=1S/C11H23NO3S/c1-9(2)12-11(3,10(13)15-5)8-16-7-6-14-4/h9,12H,6-8H2,1-5H3. The van der Waals surface area contributed by atoms with Crippen LogP contribution >= 0.6 is 11.8 Å². The van der Waals surface area contributed by atoms with Gasteiger partial charge in [0.2, 0.25) is 0 Å². The number of nitrogens with one attached hydrogen (secondary N) is 1. The molecule has 0 aliphatic carbocycles. The van der Waals surface area contributed by atoms with Crippen LogP contribution in [0, 0.1) is 0 Å². The van der Waals surface area contributed by atoms with E-state index in [-0.39, 0.29) is 12.0 Å². The van der Waals surface area contributed by atoms with Gasteiger partial charge >= 0.3 is 5.97 Å². The van der Waals surface area contributed by atoms with Gasteiger partial charge in [-0.05, 0) is 20.8 Å². The van der Waals surface area contributed by atoms with Gasteiger partial charge in [-0.15, -0.1) is 0 Å². The highest BCUT2D eigenvalue weighted by Gasteiger charge is 2.34. The second-order valence-corrected chi connectivity index (χ2v) is 5.27. The number of rotatable bonds is 8. The first-order valence-electron chi connectivity index (χ1n) is 5.39. The third-order valence-corrected chi connectivity index (χ3v) is 3.30. The zero-order valence-corrected chi connectivity index (χ0v) is 11.6. The van der Waals surface area contributed by atoms with Gasteiger partial charge in [-0.1, -0.05) is 0 Å². The van der Waals surface area contributed by atoms with Crippen LogP contribution in [0.1, 0.15) is 20.8 Å². The Balaban J connectivity index is 4.25. The number of hydrogen-bond acceptors (Lipinski definition) is 5. The van der Waals surface area contributed by atoms with Crippen LogP contribution in [0.5, 0.6) is 0 Å². The monoisotopic (exact) mass is 249 g/mol. The molecule has 0 aromatic heterocycles. The van der Waals surface area contributed by atoms with Gasteiger partial charge in [-0.25, -0.2) is 0 Å². The minimum atomic E-state index is -0.624.